The molecule has 0 spiro atoms. The lowest BCUT2D eigenvalue weighted by molar-refractivity contribution is 0.0582. The van der Waals surface area contributed by atoms with Crippen molar-refractivity contribution in [1.82, 2.24) is 4.90 Å². The zero-order chi connectivity index (χ0) is 25.9. The molecule has 7 nitrogen and oxygen atoms in total. The fourth-order valence-electron chi connectivity index (χ4n) is 4.84. The Morgan fingerprint density at radius 3 is 2.32 bits per heavy atom. The Labute approximate surface area is 213 Å². The number of nitrogens with one attached hydrogen (secondary N) is 1. The summed E-state index contributed by atoms with van der Waals surface area (Å²) in [6.45, 7) is 0.340. The normalized spacial score (nSPS) is 18.4. The summed E-state index contributed by atoms with van der Waals surface area (Å²) in [5.41, 5.74) is 8.12. The predicted octanol–water partition coefficient (Wildman–Crippen LogP) is 4.86. The predicted molar refractivity (Wildman–Crippen MR) is 133 cm³/mol. The average Bonchev–Trinajstić information content (AvgIpc) is 3.36. The van der Waals surface area contributed by atoms with Crippen LogP contribution in [0, 0.1) is 11.6 Å². The fraction of sp³-hybridized carbons (Fsp3) is 0.286. The van der Waals surface area contributed by atoms with Gasteiger partial charge in [0.25, 0.3) is 11.8 Å². The first-order valence-corrected chi connectivity index (χ1v) is 12.2. The van der Waals surface area contributed by atoms with Crippen molar-refractivity contribution < 1.29 is 27.8 Å². The molecule has 1 heterocycles. The van der Waals surface area contributed by atoms with Gasteiger partial charge in [-0.25, -0.2) is 8.78 Å². The lowest BCUT2D eigenvalue weighted by atomic mass is 9.89. The van der Waals surface area contributed by atoms with Crippen LogP contribution in [0.1, 0.15) is 52.0 Å². The van der Waals surface area contributed by atoms with E-state index in [9.17, 15) is 18.4 Å². The van der Waals surface area contributed by atoms with E-state index < -0.39 is 17.5 Å². The van der Waals surface area contributed by atoms with E-state index in [-0.39, 0.29) is 36.9 Å². The highest BCUT2D eigenvalue weighted by molar-refractivity contribution is 6.04. The van der Waals surface area contributed by atoms with E-state index in [2.05, 4.69) is 5.32 Å². The van der Waals surface area contributed by atoms with Crippen LogP contribution in [0.4, 0.5) is 14.5 Å². The van der Waals surface area contributed by atoms with Gasteiger partial charge in [-0.2, -0.15) is 0 Å². The van der Waals surface area contributed by atoms with Gasteiger partial charge in [0.2, 0.25) is 6.79 Å². The maximum absolute atomic E-state index is 13.9. The maximum atomic E-state index is 13.9. The van der Waals surface area contributed by atoms with E-state index in [1.54, 1.807) is 47.4 Å². The highest BCUT2D eigenvalue weighted by Crippen LogP contribution is 2.33. The van der Waals surface area contributed by atoms with Crippen LogP contribution in [0.15, 0.2) is 60.7 Å². The summed E-state index contributed by atoms with van der Waals surface area (Å²) in [4.78, 5) is 27.7. The molecular formula is C28H27F2N3O4. The molecule has 2 amide bonds. The molecule has 37 heavy (non-hydrogen) atoms. The first kappa shape index (κ1) is 24.7. The lowest BCUT2D eigenvalue weighted by Crippen LogP contribution is -2.51. The van der Waals surface area contributed by atoms with Crippen molar-refractivity contribution in [3.63, 3.8) is 0 Å². The van der Waals surface area contributed by atoms with Gasteiger partial charge in [0, 0.05) is 41.5 Å². The minimum absolute atomic E-state index is 0.0529. The molecule has 1 aliphatic heterocycles. The number of benzene rings is 3. The van der Waals surface area contributed by atoms with E-state index in [4.69, 9.17) is 15.2 Å². The number of nitrogens with zero attached hydrogens (tertiary/aromatic N) is 1. The van der Waals surface area contributed by atoms with Crippen LogP contribution >= 0.6 is 0 Å². The summed E-state index contributed by atoms with van der Waals surface area (Å²) >= 11 is 0. The first-order valence-electron chi connectivity index (χ1n) is 12.2. The van der Waals surface area contributed by atoms with Crippen molar-refractivity contribution >= 4 is 17.5 Å². The Morgan fingerprint density at radius 2 is 1.59 bits per heavy atom. The summed E-state index contributed by atoms with van der Waals surface area (Å²) in [6, 6.07) is 14.4. The number of ether oxygens (including phenoxy) is 2. The number of amides is 2. The second-order valence-electron chi connectivity index (χ2n) is 9.33. The van der Waals surface area contributed by atoms with Crippen LogP contribution in [0.5, 0.6) is 11.5 Å². The molecule has 2 atom stereocenters. The summed E-state index contributed by atoms with van der Waals surface area (Å²) in [7, 11) is 0. The third-order valence-corrected chi connectivity index (χ3v) is 6.75. The molecule has 0 saturated heterocycles. The zero-order valence-corrected chi connectivity index (χ0v) is 20.1. The number of anilines is 1. The van der Waals surface area contributed by atoms with Crippen LogP contribution in [-0.2, 0) is 6.54 Å². The summed E-state index contributed by atoms with van der Waals surface area (Å²) in [5.74, 6) is -1.27. The van der Waals surface area contributed by atoms with E-state index in [1.165, 1.54) is 0 Å². The van der Waals surface area contributed by atoms with E-state index in [0.717, 1.165) is 43.0 Å². The molecule has 1 fully saturated rings. The van der Waals surface area contributed by atoms with E-state index in [1.807, 2.05) is 0 Å². The molecule has 2 unspecified atom stereocenters. The third-order valence-electron chi connectivity index (χ3n) is 6.75. The van der Waals surface area contributed by atoms with Gasteiger partial charge in [0.05, 0.1) is 0 Å². The molecule has 0 aromatic heterocycles. The third kappa shape index (κ3) is 5.56. The quantitative estimate of drug-likeness (QED) is 0.497. The number of nitrogens with two attached hydrogens (primary N) is 1. The lowest BCUT2D eigenvalue weighted by Gasteiger charge is -2.38. The minimum Gasteiger partial charge on any atom is -0.454 e. The minimum atomic E-state index is -0.807. The molecular weight excluding hydrogens is 480 g/mol. The SMILES string of the molecule is NC1CCCCC1N(Cc1ccc(NC(=O)c2ccc3c(c2)OCO3)cc1)C(=O)c1cc(F)cc(F)c1. The number of hydrogen-bond donors (Lipinski definition) is 2. The van der Waals surface area contributed by atoms with Crippen LogP contribution in [0.3, 0.4) is 0 Å². The fourth-order valence-corrected chi connectivity index (χ4v) is 4.84. The summed E-state index contributed by atoms with van der Waals surface area (Å²) in [6.07, 6.45) is 3.39. The topological polar surface area (TPSA) is 93.9 Å². The molecule has 3 N–H and O–H groups in total. The summed E-state index contributed by atoms with van der Waals surface area (Å²) in [5, 5.41) is 2.84. The van der Waals surface area contributed by atoms with Crippen molar-refractivity contribution in [1.29, 1.82) is 0 Å². The highest BCUT2D eigenvalue weighted by Gasteiger charge is 2.32. The number of fused-ring (bicyclic) bond motifs is 1. The zero-order valence-electron chi connectivity index (χ0n) is 20.1. The average molecular weight is 508 g/mol. The van der Waals surface area contributed by atoms with Crippen LogP contribution in [0.25, 0.3) is 0 Å². The van der Waals surface area contributed by atoms with E-state index >= 15 is 0 Å². The van der Waals surface area contributed by atoms with Gasteiger partial charge in [-0.15, -0.1) is 0 Å². The molecule has 2 aliphatic rings. The van der Waals surface area contributed by atoms with Crippen LogP contribution in [0.2, 0.25) is 0 Å². The maximum Gasteiger partial charge on any atom is 0.255 e. The summed E-state index contributed by atoms with van der Waals surface area (Å²) < 4.78 is 38.3. The highest BCUT2D eigenvalue weighted by atomic mass is 19.1. The van der Waals surface area contributed by atoms with Gasteiger partial charge in [0.1, 0.15) is 11.6 Å². The van der Waals surface area contributed by atoms with Crippen molar-refractivity contribution in [2.24, 2.45) is 5.73 Å². The van der Waals surface area contributed by atoms with Crippen LogP contribution in [-0.4, -0.2) is 35.6 Å². The number of hydrogen-bond acceptors (Lipinski definition) is 5. The largest absolute Gasteiger partial charge is 0.454 e. The van der Waals surface area contributed by atoms with Gasteiger partial charge in [-0.05, 0) is 60.9 Å². The Hall–Kier alpha value is -3.98. The standard InChI is InChI=1S/C28H27F2N3O4/c29-20-11-19(12-21(30)14-20)28(35)33(24-4-2-1-3-23(24)31)15-17-5-8-22(9-6-17)32-27(34)18-7-10-25-26(13-18)37-16-36-25/h5-14,23-24H,1-4,15-16,31H2,(H,32,34). The van der Waals surface area contributed by atoms with Crippen molar-refractivity contribution in [2.45, 2.75) is 44.3 Å². The van der Waals surface area contributed by atoms with Crippen molar-refractivity contribution in [2.75, 3.05) is 12.1 Å². The van der Waals surface area contributed by atoms with Gasteiger partial charge in [-0.3, -0.25) is 9.59 Å². The molecule has 5 rings (SSSR count). The monoisotopic (exact) mass is 507 g/mol. The molecule has 0 radical (unpaired) electrons. The van der Waals surface area contributed by atoms with E-state index in [0.29, 0.717) is 29.2 Å². The smallest absolute Gasteiger partial charge is 0.255 e. The molecule has 1 aliphatic carbocycles. The van der Waals surface area contributed by atoms with Gasteiger partial charge in [0.15, 0.2) is 11.5 Å². The Kier molecular flexibility index (Phi) is 7.05. The number of carbonyl (C=O) groups is 2. The molecule has 3 aromatic rings. The second kappa shape index (κ2) is 10.6. The molecule has 3 aromatic carbocycles. The second-order valence-corrected chi connectivity index (χ2v) is 9.33. The molecule has 1 saturated carbocycles. The van der Waals surface area contributed by atoms with Crippen molar-refractivity contribution in [3.8, 4) is 11.5 Å². The van der Waals surface area contributed by atoms with Gasteiger partial charge in [-0.1, -0.05) is 25.0 Å². The Morgan fingerprint density at radius 1 is 0.892 bits per heavy atom. The van der Waals surface area contributed by atoms with Crippen molar-refractivity contribution in [3.05, 3.63) is 89.0 Å². The Balaban J connectivity index is 1.32. The van der Waals surface area contributed by atoms with Gasteiger partial charge >= 0.3 is 0 Å². The number of rotatable bonds is 6. The number of halogens is 2. The Bertz CT molecular complexity index is 1300. The number of carbonyl (C=O) groups excluding carboxylic acids is 2. The van der Waals surface area contributed by atoms with Crippen LogP contribution < -0.4 is 20.5 Å². The molecule has 9 heteroatoms. The van der Waals surface area contributed by atoms with Gasteiger partial charge < -0.3 is 25.4 Å². The molecule has 192 valence electrons. The first-order chi connectivity index (χ1) is 17.9. The molecule has 0 bridgehead atoms.